The highest BCUT2D eigenvalue weighted by atomic mass is 19.3. The second-order valence-electron chi connectivity index (χ2n) is 5.99. The van der Waals surface area contributed by atoms with E-state index in [1.165, 1.54) is 7.11 Å². The molecule has 152 valence electrons. The van der Waals surface area contributed by atoms with E-state index in [0.29, 0.717) is 17.5 Å². The van der Waals surface area contributed by atoms with E-state index >= 15 is 0 Å². The number of aromatic hydroxyl groups is 2. The lowest BCUT2D eigenvalue weighted by molar-refractivity contribution is -0.391. The van der Waals surface area contributed by atoms with Crippen molar-refractivity contribution in [2.24, 2.45) is 0 Å². The van der Waals surface area contributed by atoms with Gasteiger partial charge in [0.15, 0.2) is 34.5 Å². The third-order valence-electron chi connectivity index (χ3n) is 4.24. The summed E-state index contributed by atoms with van der Waals surface area (Å²) in [5.41, 5.74) is 0.862. The Hall–Kier alpha value is -3.04. The van der Waals surface area contributed by atoms with Crippen molar-refractivity contribution in [3.63, 3.8) is 0 Å². The van der Waals surface area contributed by atoms with Gasteiger partial charge in [0.05, 0.1) is 7.11 Å². The Labute approximate surface area is 156 Å². The summed E-state index contributed by atoms with van der Waals surface area (Å²) in [5, 5.41) is 20.4. The first kappa shape index (κ1) is 19.7. The van der Waals surface area contributed by atoms with Crippen LogP contribution < -0.4 is 18.9 Å². The molecule has 0 atom stereocenters. The second-order valence-corrected chi connectivity index (χ2v) is 5.99. The zero-order valence-corrected chi connectivity index (χ0v) is 15.0. The van der Waals surface area contributed by atoms with Gasteiger partial charge in [0, 0.05) is 23.8 Å². The van der Waals surface area contributed by atoms with Gasteiger partial charge in [-0.05, 0) is 18.9 Å². The van der Waals surface area contributed by atoms with E-state index in [0.717, 1.165) is 18.2 Å². The number of methoxy groups -OCH3 is 1. The molecule has 0 spiro atoms. The average Bonchev–Trinajstić information content (AvgIpc) is 2.60. The van der Waals surface area contributed by atoms with Crippen LogP contribution >= 0.6 is 0 Å². The Morgan fingerprint density at radius 3 is 1.96 bits per heavy atom. The Morgan fingerprint density at radius 1 is 0.929 bits per heavy atom. The van der Waals surface area contributed by atoms with Crippen molar-refractivity contribution < 1.29 is 46.7 Å². The molecule has 3 rings (SSSR count). The summed E-state index contributed by atoms with van der Waals surface area (Å²) in [5.74, 6) is -2.39. The number of halogens is 4. The van der Waals surface area contributed by atoms with Gasteiger partial charge in [-0.3, -0.25) is 0 Å². The summed E-state index contributed by atoms with van der Waals surface area (Å²) >= 11 is 0. The number of hydrogen-bond donors (Lipinski definition) is 2. The molecule has 0 bridgehead atoms. The maximum absolute atomic E-state index is 13.4. The molecule has 0 aromatic heterocycles. The van der Waals surface area contributed by atoms with Crippen LogP contribution in [0.2, 0.25) is 0 Å². The minimum Gasteiger partial charge on any atom is -0.508 e. The highest BCUT2D eigenvalue weighted by molar-refractivity contribution is 5.60. The molecule has 1 aliphatic heterocycles. The SMILES string of the molecule is CCc1c(C)c(O)cc(Oc2cc3c(cc2OC)OC(F)(F)C(F)(F)O3)c1O. The van der Waals surface area contributed by atoms with Gasteiger partial charge in [-0.2, -0.15) is 17.6 Å². The number of rotatable bonds is 4. The topological polar surface area (TPSA) is 77.4 Å². The summed E-state index contributed by atoms with van der Waals surface area (Å²) < 4.78 is 72.1. The first-order valence-electron chi connectivity index (χ1n) is 8.08. The smallest absolute Gasteiger partial charge is 0.507 e. The zero-order chi connectivity index (χ0) is 20.9. The molecule has 2 aromatic rings. The molecular formula is C18H16F4O6. The van der Waals surface area contributed by atoms with E-state index in [9.17, 15) is 27.8 Å². The molecule has 0 saturated heterocycles. The van der Waals surface area contributed by atoms with Gasteiger partial charge in [0.1, 0.15) is 5.75 Å². The number of hydrogen-bond acceptors (Lipinski definition) is 6. The average molecular weight is 404 g/mol. The summed E-state index contributed by atoms with van der Waals surface area (Å²) in [6.07, 6.45) is -9.39. The van der Waals surface area contributed by atoms with Gasteiger partial charge in [-0.15, -0.1) is 0 Å². The van der Waals surface area contributed by atoms with E-state index in [-0.39, 0.29) is 28.7 Å². The number of fused-ring (bicyclic) bond motifs is 1. The highest BCUT2D eigenvalue weighted by Crippen LogP contribution is 2.52. The third kappa shape index (κ3) is 3.08. The minimum absolute atomic E-state index is 0.152. The van der Waals surface area contributed by atoms with Crippen molar-refractivity contribution in [2.75, 3.05) is 7.11 Å². The van der Waals surface area contributed by atoms with Crippen molar-refractivity contribution in [1.29, 1.82) is 0 Å². The molecule has 28 heavy (non-hydrogen) atoms. The van der Waals surface area contributed by atoms with E-state index in [1.807, 2.05) is 0 Å². The third-order valence-corrected chi connectivity index (χ3v) is 4.24. The Morgan fingerprint density at radius 2 is 1.46 bits per heavy atom. The minimum atomic E-state index is -4.90. The first-order chi connectivity index (χ1) is 13.0. The standard InChI is InChI=1S/C18H16F4O6/c1-4-9-8(2)10(23)5-15(16(9)24)26-12-7-14-13(6-11(12)25-3)27-17(19,20)18(21,22)28-14/h5-7,23-24H,4H2,1-3H3. The van der Waals surface area contributed by atoms with Gasteiger partial charge in [-0.1, -0.05) is 6.92 Å². The molecule has 0 fully saturated rings. The normalized spacial score (nSPS) is 16.5. The van der Waals surface area contributed by atoms with Crippen LogP contribution in [0.3, 0.4) is 0 Å². The Kier molecular flexibility index (Phi) is 4.60. The molecule has 10 heteroatoms. The van der Waals surface area contributed by atoms with E-state index < -0.39 is 23.7 Å². The van der Waals surface area contributed by atoms with Crippen LogP contribution in [0.4, 0.5) is 17.6 Å². The molecule has 2 aromatic carbocycles. The van der Waals surface area contributed by atoms with Crippen LogP contribution in [0.5, 0.6) is 40.2 Å². The largest absolute Gasteiger partial charge is 0.508 e. The predicted octanol–water partition coefficient (Wildman–Crippen LogP) is 4.73. The Balaban J connectivity index is 2.07. The molecule has 0 amide bonds. The van der Waals surface area contributed by atoms with Crippen LogP contribution in [0.15, 0.2) is 18.2 Å². The highest BCUT2D eigenvalue weighted by Gasteiger charge is 2.66. The molecule has 0 aliphatic carbocycles. The van der Waals surface area contributed by atoms with Crippen molar-refractivity contribution in [1.82, 2.24) is 0 Å². The van der Waals surface area contributed by atoms with Crippen molar-refractivity contribution in [3.8, 4) is 40.2 Å². The van der Waals surface area contributed by atoms with Gasteiger partial charge >= 0.3 is 12.2 Å². The lowest BCUT2D eigenvalue weighted by atomic mass is 10.0. The number of phenols is 2. The van der Waals surface area contributed by atoms with Crippen LogP contribution in [-0.4, -0.2) is 29.5 Å². The number of phenolic OH excluding ortho intramolecular Hbond substituents is 2. The zero-order valence-electron chi connectivity index (χ0n) is 15.0. The lowest BCUT2D eigenvalue weighted by Crippen LogP contribution is -2.52. The fraction of sp³-hybridized carbons (Fsp3) is 0.333. The lowest BCUT2D eigenvalue weighted by Gasteiger charge is -2.32. The van der Waals surface area contributed by atoms with Crippen LogP contribution in [-0.2, 0) is 6.42 Å². The second kappa shape index (κ2) is 6.54. The summed E-state index contributed by atoms with van der Waals surface area (Å²) in [6.45, 7) is 3.35. The molecule has 0 radical (unpaired) electrons. The van der Waals surface area contributed by atoms with Gasteiger partial charge < -0.3 is 29.2 Å². The Bertz CT molecular complexity index is 929. The number of alkyl halides is 4. The van der Waals surface area contributed by atoms with E-state index in [2.05, 4.69) is 9.47 Å². The molecule has 2 N–H and O–H groups in total. The maximum atomic E-state index is 13.4. The first-order valence-corrected chi connectivity index (χ1v) is 8.08. The molecule has 0 saturated carbocycles. The van der Waals surface area contributed by atoms with E-state index in [1.54, 1.807) is 13.8 Å². The molecular weight excluding hydrogens is 388 g/mol. The fourth-order valence-corrected chi connectivity index (χ4v) is 2.73. The monoisotopic (exact) mass is 404 g/mol. The van der Waals surface area contributed by atoms with Crippen LogP contribution in [0.1, 0.15) is 18.1 Å². The van der Waals surface area contributed by atoms with Crippen molar-refractivity contribution in [2.45, 2.75) is 32.5 Å². The number of benzene rings is 2. The van der Waals surface area contributed by atoms with Gasteiger partial charge in [0.2, 0.25) is 0 Å². The van der Waals surface area contributed by atoms with Crippen LogP contribution in [0.25, 0.3) is 0 Å². The van der Waals surface area contributed by atoms with Gasteiger partial charge in [0.25, 0.3) is 0 Å². The molecule has 6 nitrogen and oxygen atoms in total. The maximum Gasteiger partial charge on any atom is 0.507 e. The predicted molar refractivity (Wildman–Crippen MR) is 88.1 cm³/mol. The quantitative estimate of drug-likeness (QED) is 0.567. The van der Waals surface area contributed by atoms with E-state index in [4.69, 9.17) is 9.47 Å². The van der Waals surface area contributed by atoms with Crippen molar-refractivity contribution in [3.05, 3.63) is 29.3 Å². The molecule has 0 unspecified atom stereocenters. The van der Waals surface area contributed by atoms with Gasteiger partial charge in [-0.25, -0.2) is 0 Å². The van der Waals surface area contributed by atoms with Crippen molar-refractivity contribution >= 4 is 0 Å². The molecule has 1 heterocycles. The molecule has 1 aliphatic rings. The fourth-order valence-electron chi connectivity index (χ4n) is 2.73. The summed E-state index contributed by atoms with van der Waals surface area (Å²) in [4.78, 5) is 0. The summed E-state index contributed by atoms with van der Waals surface area (Å²) in [6, 6.07) is 2.88. The summed E-state index contributed by atoms with van der Waals surface area (Å²) in [7, 11) is 1.19. The van der Waals surface area contributed by atoms with Crippen LogP contribution in [0, 0.1) is 6.92 Å². The number of ether oxygens (including phenoxy) is 4.